The fourth-order valence-electron chi connectivity index (χ4n) is 1.72. The molecule has 20 heavy (non-hydrogen) atoms. The lowest BCUT2D eigenvalue weighted by Crippen LogP contribution is -2.46. The van der Waals surface area contributed by atoms with Gasteiger partial charge >= 0.3 is 6.03 Å². The maximum absolute atomic E-state index is 11.7. The highest BCUT2D eigenvalue weighted by atomic mass is 16.5. The van der Waals surface area contributed by atoms with Crippen LogP contribution in [0.5, 0.6) is 5.75 Å². The van der Waals surface area contributed by atoms with Gasteiger partial charge in [-0.25, -0.2) is 9.80 Å². The van der Waals surface area contributed by atoms with Crippen LogP contribution in [-0.2, 0) is 9.59 Å². The van der Waals surface area contributed by atoms with Crippen molar-refractivity contribution in [2.75, 3.05) is 13.2 Å². The van der Waals surface area contributed by atoms with Crippen molar-refractivity contribution < 1.29 is 19.1 Å². The summed E-state index contributed by atoms with van der Waals surface area (Å²) in [6, 6.07) is 5.03. The SMILES string of the molecule is Cc1ccc(C)c(OCC(=O)NN2CC(=O)NC2=O)c1. The predicted octanol–water partition coefficient (Wildman–Crippen LogP) is 0.265. The van der Waals surface area contributed by atoms with Crippen molar-refractivity contribution in [3.8, 4) is 5.75 Å². The molecule has 1 aliphatic rings. The van der Waals surface area contributed by atoms with Crippen LogP contribution in [0.4, 0.5) is 4.79 Å². The molecule has 1 aromatic rings. The summed E-state index contributed by atoms with van der Waals surface area (Å²) in [7, 11) is 0. The first-order chi connectivity index (χ1) is 9.45. The molecule has 0 spiro atoms. The molecule has 0 radical (unpaired) electrons. The largest absolute Gasteiger partial charge is 0.483 e. The molecule has 2 rings (SSSR count). The Labute approximate surface area is 115 Å². The maximum atomic E-state index is 11.7. The number of urea groups is 1. The Morgan fingerprint density at radius 1 is 1.40 bits per heavy atom. The predicted molar refractivity (Wildman–Crippen MR) is 69.8 cm³/mol. The summed E-state index contributed by atoms with van der Waals surface area (Å²) in [5.74, 6) is -0.344. The third-order valence-electron chi connectivity index (χ3n) is 2.76. The van der Waals surface area contributed by atoms with E-state index in [9.17, 15) is 14.4 Å². The highest BCUT2D eigenvalue weighted by Crippen LogP contribution is 2.18. The zero-order chi connectivity index (χ0) is 14.7. The number of benzene rings is 1. The van der Waals surface area contributed by atoms with E-state index in [4.69, 9.17) is 4.74 Å². The Hall–Kier alpha value is -2.57. The number of aryl methyl sites for hydroxylation is 2. The second-order valence-corrected chi connectivity index (χ2v) is 4.53. The van der Waals surface area contributed by atoms with Gasteiger partial charge in [0.15, 0.2) is 6.61 Å². The highest BCUT2D eigenvalue weighted by molar-refractivity contribution is 6.02. The van der Waals surface area contributed by atoms with E-state index in [2.05, 4.69) is 10.7 Å². The molecule has 0 aliphatic carbocycles. The zero-order valence-electron chi connectivity index (χ0n) is 11.2. The van der Waals surface area contributed by atoms with Gasteiger partial charge in [0, 0.05) is 0 Å². The van der Waals surface area contributed by atoms with Gasteiger partial charge in [-0.3, -0.25) is 20.3 Å². The number of nitrogens with zero attached hydrogens (tertiary/aromatic N) is 1. The first kappa shape index (κ1) is 13.9. The first-order valence-corrected chi connectivity index (χ1v) is 6.06. The van der Waals surface area contributed by atoms with Gasteiger partial charge in [-0.05, 0) is 31.0 Å². The molecular formula is C13H15N3O4. The second kappa shape index (κ2) is 5.60. The number of hydrogen-bond acceptors (Lipinski definition) is 4. The zero-order valence-corrected chi connectivity index (χ0v) is 11.2. The summed E-state index contributed by atoms with van der Waals surface area (Å²) in [6.45, 7) is 3.38. The molecule has 2 N–H and O–H groups in total. The van der Waals surface area contributed by atoms with Crippen LogP contribution in [0.25, 0.3) is 0 Å². The van der Waals surface area contributed by atoms with Crippen molar-refractivity contribution in [2.45, 2.75) is 13.8 Å². The van der Waals surface area contributed by atoms with Gasteiger partial charge in [-0.1, -0.05) is 12.1 Å². The van der Waals surface area contributed by atoms with Crippen LogP contribution in [0, 0.1) is 13.8 Å². The molecule has 1 aliphatic heterocycles. The quantitative estimate of drug-likeness (QED) is 0.773. The molecule has 0 saturated carbocycles. The van der Waals surface area contributed by atoms with Gasteiger partial charge in [0.25, 0.3) is 5.91 Å². The van der Waals surface area contributed by atoms with Gasteiger partial charge in [0.2, 0.25) is 5.91 Å². The third kappa shape index (κ3) is 3.25. The normalized spacial score (nSPS) is 14.2. The minimum atomic E-state index is -0.643. The molecule has 4 amide bonds. The summed E-state index contributed by atoms with van der Waals surface area (Å²) >= 11 is 0. The van der Waals surface area contributed by atoms with E-state index >= 15 is 0 Å². The van der Waals surface area contributed by atoms with E-state index in [0.29, 0.717) is 5.75 Å². The first-order valence-electron chi connectivity index (χ1n) is 6.06. The van der Waals surface area contributed by atoms with Crippen molar-refractivity contribution >= 4 is 17.8 Å². The summed E-state index contributed by atoms with van der Waals surface area (Å²) < 4.78 is 5.40. The third-order valence-corrected chi connectivity index (χ3v) is 2.76. The van der Waals surface area contributed by atoms with Gasteiger partial charge in [0.05, 0.1) is 0 Å². The van der Waals surface area contributed by atoms with Crippen LogP contribution in [0.3, 0.4) is 0 Å². The molecule has 1 saturated heterocycles. The van der Waals surface area contributed by atoms with Crippen LogP contribution in [0.15, 0.2) is 18.2 Å². The Morgan fingerprint density at radius 3 is 2.80 bits per heavy atom. The van der Waals surface area contributed by atoms with Gasteiger partial charge in [-0.2, -0.15) is 0 Å². The average Bonchev–Trinajstić information content (AvgIpc) is 2.69. The van der Waals surface area contributed by atoms with Crippen molar-refractivity contribution in [1.82, 2.24) is 15.8 Å². The summed E-state index contributed by atoms with van der Waals surface area (Å²) in [6.07, 6.45) is 0. The van der Waals surface area contributed by atoms with Crippen molar-refractivity contribution in [3.05, 3.63) is 29.3 Å². The van der Waals surface area contributed by atoms with Crippen LogP contribution in [-0.4, -0.2) is 36.0 Å². The van der Waals surface area contributed by atoms with E-state index in [1.807, 2.05) is 32.0 Å². The molecule has 1 fully saturated rings. The number of hydrogen-bond donors (Lipinski definition) is 2. The van der Waals surface area contributed by atoms with E-state index < -0.39 is 17.8 Å². The van der Waals surface area contributed by atoms with Crippen LogP contribution < -0.4 is 15.5 Å². The number of hydrazine groups is 1. The Balaban J connectivity index is 1.88. The van der Waals surface area contributed by atoms with Crippen LogP contribution in [0.1, 0.15) is 11.1 Å². The topological polar surface area (TPSA) is 87.7 Å². The second-order valence-electron chi connectivity index (χ2n) is 4.53. The Kier molecular flexibility index (Phi) is 3.88. The maximum Gasteiger partial charge on any atom is 0.343 e. The van der Waals surface area contributed by atoms with E-state index in [1.54, 1.807) is 0 Å². The summed E-state index contributed by atoms with van der Waals surface area (Å²) in [4.78, 5) is 33.8. The highest BCUT2D eigenvalue weighted by Gasteiger charge is 2.28. The van der Waals surface area contributed by atoms with E-state index in [0.717, 1.165) is 16.1 Å². The molecule has 0 unspecified atom stereocenters. The lowest BCUT2D eigenvalue weighted by molar-refractivity contribution is -0.127. The lowest BCUT2D eigenvalue weighted by Gasteiger charge is -2.15. The van der Waals surface area contributed by atoms with Gasteiger partial charge in [-0.15, -0.1) is 0 Å². The molecule has 106 valence electrons. The molecule has 7 heteroatoms. The number of ether oxygens (including phenoxy) is 1. The molecule has 1 heterocycles. The number of imide groups is 1. The molecule has 0 atom stereocenters. The number of nitrogens with one attached hydrogen (secondary N) is 2. The number of rotatable bonds is 4. The molecule has 0 bridgehead atoms. The van der Waals surface area contributed by atoms with E-state index in [1.165, 1.54) is 0 Å². The standard InChI is InChI=1S/C13H15N3O4/c1-8-3-4-9(2)10(5-8)20-7-12(18)15-16-6-11(17)14-13(16)19/h3-5H,6-7H2,1-2H3,(H,15,18)(H,14,17,19). The number of carbonyl (C=O) groups excluding carboxylic acids is 3. The molecular weight excluding hydrogens is 262 g/mol. The Bertz CT molecular complexity index is 571. The average molecular weight is 277 g/mol. The molecule has 0 aromatic heterocycles. The summed E-state index contributed by atoms with van der Waals surface area (Å²) in [5, 5.41) is 2.97. The number of carbonyl (C=O) groups is 3. The fraction of sp³-hybridized carbons (Fsp3) is 0.308. The molecule has 7 nitrogen and oxygen atoms in total. The van der Waals surface area contributed by atoms with Gasteiger partial charge in [0.1, 0.15) is 12.3 Å². The van der Waals surface area contributed by atoms with Crippen molar-refractivity contribution in [3.63, 3.8) is 0 Å². The van der Waals surface area contributed by atoms with Crippen molar-refractivity contribution in [1.29, 1.82) is 0 Å². The van der Waals surface area contributed by atoms with Crippen LogP contribution in [0.2, 0.25) is 0 Å². The summed E-state index contributed by atoms with van der Waals surface area (Å²) in [5.41, 5.74) is 4.24. The van der Waals surface area contributed by atoms with E-state index in [-0.39, 0.29) is 13.2 Å². The lowest BCUT2D eigenvalue weighted by atomic mass is 10.1. The van der Waals surface area contributed by atoms with Crippen molar-refractivity contribution in [2.24, 2.45) is 0 Å². The minimum absolute atomic E-state index is 0.186. The monoisotopic (exact) mass is 277 g/mol. The van der Waals surface area contributed by atoms with Crippen LogP contribution >= 0.6 is 0 Å². The minimum Gasteiger partial charge on any atom is -0.483 e. The Morgan fingerprint density at radius 2 is 2.15 bits per heavy atom. The smallest absolute Gasteiger partial charge is 0.343 e. The number of amides is 4. The molecule has 1 aromatic carbocycles. The fourth-order valence-corrected chi connectivity index (χ4v) is 1.72. The van der Waals surface area contributed by atoms with Gasteiger partial charge < -0.3 is 4.74 Å².